The predicted octanol–water partition coefficient (Wildman–Crippen LogP) is 6.79. The van der Waals surface area contributed by atoms with Gasteiger partial charge in [-0.3, -0.25) is 0 Å². The van der Waals surface area contributed by atoms with E-state index in [9.17, 15) is 0 Å². The van der Waals surface area contributed by atoms with E-state index < -0.39 is 0 Å². The fraction of sp³-hybridized carbons (Fsp3) is 0.135. The van der Waals surface area contributed by atoms with Crippen molar-refractivity contribution in [2.45, 2.75) is 5.41 Å². The molecular weight excluding hydrogens is 686 g/mol. The summed E-state index contributed by atoms with van der Waals surface area (Å²) in [6.07, 6.45) is 0. The summed E-state index contributed by atoms with van der Waals surface area (Å²) in [5, 5.41) is 33.1. The second-order valence-corrected chi connectivity index (χ2v) is 8.97. The molecule has 0 spiro atoms. The summed E-state index contributed by atoms with van der Waals surface area (Å²) in [6.45, 7) is 0. The molecule has 6 heteroatoms. The first kappa shape index (κ1) is 38.9. The average molecular weight is 725 g/mol. The van der Waals surface area contributed by atoms with E-state index in [1.54, 1.807) is 0 Å². The van der Waals surface area contributed by atoms with Gasteiger partial charge in [0.05, 0.1) is 5.41 Å². The molecule has 0 fully saturated rings. The zero-order valence-corrected chi connectivity index (χ0v) is 30.8. The molecule has 0 saturated heterocycles. The van der Waals surface area contributed by atoms with Gasteiger partial charge in [0.2, 0.25) is 0 Å². The van der Waals surface area contributed by atoms with Crippen molar-refractivity contribution in [1.82, 2.24) is 0 Å². The van der Waals surface area contributed by atoms with Gasteiger partial charge in [0.1, 0.15) is 0 Å². The third kappa shape index (κ3) is 7.41. The van der Waals surface area contributed by atoms with E-state index in [1.165, 1.54) is 54.9 Å². The van der Waals surface area contributed by atoms with Crippen LogP contribution >= 0.6 is 0 Å². The van der Waals surface area contributed by atoms with Crippen molar-refractivity contribution in [3.05, 3.63) is 156 Å². The molecule has 6 aromatic rings. The standard InChI is InChI=1S/C33H22.4CH4O.2Y/c1-3-11-25-21-27(19-17-23(25)9-1)33(28-20-18-24-10-2-4-12-26(24)22-28)31-15-7-5-13-29(31)30-14-6-8-16-32(30)33;4*1-2;;/h1-22H;4*2H,1H3;;. The van der Waals surface area contributed by atoms with E-state index in [-0.39, 0.29) is 70.8 Å². The molecule has 0 heterocycles. The molecular formula is C37H38O4Y2. The molecule has 0 aliphatic heterocycles. The maximum atomic E-state index is 7.00. The van der Waals surface area contributed by atoms with E-state index in [4.69, 9.17) is 20.4 Å². The van der Waals surface area contributed by atoms with Crippen molar-refractivity contribution in [2.24, 2.45) is 0 Å². The van der Waals surface area contributed by atoms with Crippen LogP contribution in [0.3, 0.4) is 0 Å². The van der Waals surface area contributed by atoms with Crippen LogP contribution in [0.15, 0.2) is 133 Å². The predicted molar refractivity (Wildman–Crippen MR) is 171 cm³/mol. The second kappa shape index (κ2) is 19.3. The Bertz CT molecular complexity index is 1570. The molecule has 4 nitrogen and oxygen atoms in total. The number of rotatable bonds is 2. The van der Waals surface area contributed by atoms with Crippen molar-refractivity contribution in [3.8, 4) is 11.1 Å². The summed E-state index contributed by atoms with van der Waals surface area (Å²) >= 11 is 0. The minimum atomic E-state index is -0.360. The summed E-state index contributed by atoms with van der Waals surface area (Å²) in [6, 6.07) is 49.2. The summed E-state index contributed by atoms with van der Waals surface area (Å²) in [7, 11) is 4.00. The molecule has 2 radical (unpaired) electrons. The first-order valence-corrected chi connectivity index (χ1v) is 13.3. The fourth-order valence-corrected chi connectivity index (χ4v) is 5.87. The van der Waals surface area contributed by atoms with Crippen LogP contribution in [-0.2, 0) is 70.8 Å². The zero-order chi connectivity index (χ0) is 29.8. The van der Waals surface area contributed by atoms with Gasteiger partial charge in [0.25, 0.3) is 0 Å². The van der Waals surface area contributed by atoms with Crippen LogP contribution in [0.25, 0.3) is 32.7 Å². The molecule has 43 heavy (non-hydrogen) atoms. The molecule has 4 N–H and O–H groups in total. The molecule has 0 atom stereocenters. The number of benzene rings is 6. The smallest absolute Gasteiger partial charge is 0.0714 e. The Morgan fingerprint density at radius 3 is 1.02 bits per heavy atom. The molecule has 0 aromatic heterocycles. The van der Waals surface area contributed by atoms with E-state index in [0.717, 1.165) is 28.4 Å². The van der Waals surface area contributed by atoms with Crippen molar-refractivity contribution in [1.29, 1.82) is 0 Å². The number of aliphatic hydroxyl groups is 4. The van der Waals surface area contributed by atoms with Gasteiger partial charge in [-0.05, 0) is 67.1 Å². The topological polar surface area (TPSA) is 80.9 Å². The van der Waals surface area contributed by atoms with Gasteiger partial charge in [-0.1, -0.05) is 121 Å². The first-order valence-electron chi connectivity index (χ1n) is 13.3. The average Bonchev–Trinajstić information content (AvgIpc) is 3.39. The molecule has 7 rings (SSSR count). The Labute approximate surface area is 305 Å². The molecule has 1 aliphatic rings. The van der Waals surface area contributed by atoms with Crippen LogP contribution in [0.4, 0.5) is 0 Å². The maximum Gasteiger partial charge on any atom is 0.0714 e. The van der Waals surface area contributed by atoms with Gasteiger partial charge in [-0.15, -0.1) is 0 Å². The van der Waals surface area contributed by atoms with Gasteiger partial charge in [-0.25, -0.2) is 0 Å². The maximum absolute atomic E-state index is 7.00. The van der Waals surface area contributed by atoms with Crippen LogP contribution in [0.5, 0.6) is 0 Å². The third-order valence-electron chi connectivity index (χ3n) is 7.32. The molecule has 216 valence electrons. The molecule has 1 aliphatic carbocycles. The van der Waals surface area contributed by atoms with E-state index in [0.29, 0.717) is 0 Å². The number of fused-ring (bicyclic) bond motifs is 5. The van der Waals surface area contributed by atoms with E-state index >= 15 is 0 Å². The normalized spacial score (nSPS) is 11.1. The quantitative estimate of drug-likeness (QED) is 0.159. The van der Waals surface area contributed by atoms with Crippen LogP contribution in [0.2, 0.25) is 0 Å². The van der Waals surface area contributed by atoms with E-state index in [2.05, 4.69) is 133 Å². The SMILES string of the molecule is CO.CO.CO.CO.[Y].[Y].c1ccc2c(c1)-c1ccccc1C2(c1ccc2ccccc2c1)c1ccc2ccccc2c1. The fourth-order valence-electron chi connectivity index (χ4n) is 5.87. The molecule has 0 saturated carbocycles. The molecule has 6 aromatic carbocycles. The van der Waals surface area contributed by atoms with Gasteiger partial charge in [0.15, 0.2) is 0 Å². The van der Waals surface area contributed by atoms with Crippen molar-refractivity contribution in [2.75, 3.05) is 28.4 Å². The first-order chi connectivity index (χ1) is 20.4. The Hall–Kier alpha value is -2.11. The van der Waals surface area contributed by atoms with Gasteiger partial charge < -0.3 is 20.4 Å². The number of hydrogen-bond acceptors (Lipinski definition) is 4. The molecule has 0 bridgehead atoms. The summed E-state index contributed by atoms with van der Waals surface area (Å²) in [5.74, 6) is 0. The van der Waals surface area contributed by atoms with Gasteiger partial charge in [0, 0.05) is 93.9 Å². The van der Waals surface area contributed by atoms with Gasteiger partial charge >= 0.3 is 0 Å². The molecule has 0 unspecified atom stereocenters. The monoisotopic (exact) mass is 724 g/mol. The summed E-state index contributed by atoms with van der Waals surface area (Å²) in [4.78, 5) is 0. The number of aliphatic hydroxyl groups excluding tert-OH is 4. The zero-order valence-electron chi connectivity index (χ0n) is 25.1. The molecule has 0 amide bonds. The van der Waals surface area contributed by atoms with Crippen LogP contribution < -0.4 is 0 Å². The summed E-state index contributed by atoms with van der Waals surface area (Å²) in [5.41, 5.74) is 7.64. The minimum Gasteiger partial charge on any atom is -0.400 e. The van der Waals surface area contributed by atoms with Crippen LogP contribution in [-0.4, -0.2) is 48.9 Å². The Balaban J connectivity index is 0.000000859. The van der Waals surface area contributed by atoms with Crippen LogP contribution in [0, 0.1) is 0 Å². The number of hydrogen-bond donors (Lipinski definition) is 4. The van der Waals surface area contributed by atoms with Crippen LogP contribution in [0.1, 0.15) is 22.3 Å². The Morgan fingerprint density at radius 2 is 0.651 bits per heavy atom. The summed E-state index contributed by atoms with van der Waals surface area (Å²) < 4.78 is 0. The van der Waals surface area contributed by atoms with Gasteiger partial charge in [-0.2, -0.15) is 0 Å². The third-order valence-corrected chi connectivity index (χ3v) is 7.32. The Morgan fingerprint density at radius 1 is 0.349 bits per heavy atom. The largest absolute Gasteiger partial charge is 0.400 e. The second-order valence-electron chi connectivity index (χ2n) is 8.97. The van der Waals surface area contributed by atoms with Crippen molar-refractivity contribution < 1.29 is 85.8 Å². The van der Waals surface area contributed by atoms with Crippen molar-refractivity contribution in [3.63, 3.8) is 0 Å². The Kier molecular flexibility index (Phi) is 17.5. The van der Waals surface area contributed by atoms with E-state index in [1.807, 2.05) is 0 Å². The van der Waals surface area contributed by atoms with Crippen molar-refractivity contribution >= 4 is 21.5 Å². The minimum absolute atomic E-state index is 0.